The molecule has 290 valence electrons. The molecular formula is C38H60N6O8. The highest BCUT2D eigenvalue weighted by atomic mass is 16.6. The Balaban J connectivity index is 1.75. The summed E-state index contributed by atoms with van der Waals surface area (Å²) in [5, 5.41) is 22.0. The van der Waals surface area contributed by atoms with E-state index in [2.05, 4.69) is 21.3 Å². The third-order valence-corrected chi connectivity index (χ3v) is 9.44. The molecule has 0 radical (unpaired) electrons. The van der Waals surface area contributed by atoms with E-state index in [-0.39, 0.29) is 30.2 Å². The fourth-order valence-electron chi connectivity index (χ4n) is 6.44. The number of nitrogens with one attached hydrogen (secondary N) is 4. The van der Waals surface area contributed by atoms with Crippen LogP contribution in [-0.4, -0.2) is 108 Å². The van der Waals surface area contributed by atoms with Gasteiger partial charge >= 0.3 is 6.09 Å². The molecule has 4 unspecified atom stereocenters. The molecule has 52 heavy (non-hydrogen) atoms. The molecule has 1 aromatic rings. The number of likely N-dealkylation sites (tertiary alicyclic amines) is 1. The normalized spacial score (nSPS) is 19.9. The lowest BCUT2D eigenvalue weighted by molar-refractivity contribution is -0.144. The van der Waals surface area contributed by atoms with Gasteiger partial charge in [-0.05, 0) is 62.3 Å². The van der Waals surface area contributed by atoms with Gasteiger partial charge in [0, 0.05) is 20.6 Å². The van der Waals surface area contributed by atoms with E-state index in [4.69, 9.17) is 4.74 Å². The van der Waals surface area contributed by atoms with Crippen LogP contribution in [-0.2, 0) is 28.7 Å². The van der Waals surface area contributed by atoms with Crippen molar-refractivity contribution in [2.24, 2.45) is 23.2 Å². The third-order valence-electron chi connectivity index (χ3n) is 9.44. The average molecular weight is 729 g/mol. The number of nitrogens with zero attached hydrogens (tertiary/aromatic N) is 2. The molecule has 1 heterocycles. The molecule has 14 heteroatoms. The SMILES string of the molecule is CC(C)[C@H]1CCN(C(=O)C(NC(=O)OC(C)(C)C)C(C)(C)C)C1C(=O)NC(CC1CC1)C(O)C(=O)NCC(=O)N[C@H](C(=O)N(C)C)c1ccccc1. The molecule has 2 fully saturated rings. The quantitative estimate of drug-likeness (QED) is 0.193. The molecule has 6 amide bonds. The predicted molar refractivity (Wildman–Crippen MR) is 195 cm³/mol. The average Bonchev–Trinajstić information content (AvgIpc) is 3.75. The topological polar surface area (TPSA) is 186 Å². The summed E-state index contributed by atoms with van der Waals surface area (Å²) < 4.78 is 5.44. The summed E-state index contributed by atoms with van der Waals surface area (Å²) in [4.78, 5) is 83.0. The Hall–Kier alpha value is -4.20. The van der Waals surface area contributed by atoms with E-state index in [0.717, 1.165) is 12.8 Å². The molecule has 0 aromatic heterocycles. The van der Waals surface area contributed by atoms with E-state index in [1.807, 2.05) is 34.6 Å². The number of ether oxygens (including phenoxy) is 1. The number of hydrogen-bond donors (Lipinski definition) is 5. The first-order valence-electron chi connectivity index (χ1n) is 18.2. The molecule has 1 aliphatic heterocycles. The van der Waals surface area contributed by atoms with Crippen LogP contribution in [0.1, 0.15) is 92.7 Å². The zero-order chi connectivity index (χ0) is 39.1. The molecule has 3 rings (SSSR count). The van der Waals surface area contributed by atoms with Gasteiger partial charge < -0.3 is 40.9 Å². The molecule has 6 atom stereocenters. The van der Waals surface area contributed by atoms with Gasteiger partial charge in [-0.3, -0.25) is 24.0 Å². The first-order valence-corrected chi connectivity index (χ1v) is 18.2. The summed E-state index contributed by atoms with van der Waals surface area (Å²) in [5.41, 5.74) is -0.931. The molecular weight excluding hydrogens is 668 g/mol. The lowest BCUT2D eigenvalue weighted by Crippen LogP contribution is -2.61. The van der Waals surface area contributed by atoms with Gasteiger partial charge in [-0.1, -0.05) is 77.8 Å². The smallest absolute Gasteiger partial charge is 0.408 e. The molecule has 1 aromatic carbocycles. The van der Waals surface area contributed by atoms with Crippen molar-refractivity contribution in [1.29, 1.82) is 0 Å². The minimum atomic E-state index is -1.69. The highest BCUT2D eigenvalue weighted by Gasteiger charge is 2.48. The van der Waals surface area contributed by atoms with Crippen LogP contribution in [0, 0.1) is 23.2 Å². The van der Waals surface area contributed by atoms with Crippen molar-refractivity contribution in [2.45, 2.75) is 117 Å². The van der Waals surface area contributed by atoms with Gasteiger partial charge in [0.25, 0.3) is 5.91 Å². The van der Waals surface area contributed by atoms with Gasteiger partial charge in [-0.15, -0.1) is 0 Å². The van der Waals surface area contributed by atoms with Gasteiger partial charge in [-0.25, -0.2) is 4.79 Å². The second-order valence-corrected chi connectivity index (χ2v) is 16.7. The largest absolute Gasteiger partial charge is 0.444 e. The number of rotatable bonds is 14. The lowest BCUT2D eigenvalue weighted by Gasteiger charge is -2.37. The summed E-state index contributed by atoms with van der Waals surface area (Å²) in [6.07, 6.45) is 0.221. The summed E-state index contributed by atoms with van der Waals surface area (Å²) in [6, 6.07) is 4.84. The van der Waals surface area contributed by atoms with Crippen LogP contribution in [0.25, 0.3) is 0 Å². The van der Waals surface area contributed by atoms with Crippen LogP contribution in [0.15, 0.2) is 30.3 Å². The second-order valence-electron chi connectivity index (χ2n) is 16.7. The van der Waals surface area contributed by atoms with Gasteiger partial charge in [0.2, 0.25) is 23.6 Å². The summed E-state index contributed by atoms with van der Waals surface area (Å²) in [7, 11) is 3.15. The van der Waals surface area contributed by atoms with Gasteiger partial charge in [0.05, 0.1) is 12.6 Å². The highest BCUT2D eigenvalue weighted by molar-refractivity contribution is 5.94. The molecule has 0 spiro atoms. The monoisotopic (exact) mass is 728 g/mol. The highest BCUT2D eigenvalue weighted by Crippen LogP contribution is 2.36. The number of amides is 6. The Morgan fingerprint density at radius 1 is 0.923 bits per heavy atom. The van der Waals surface area contributed by atoms with Crippen LogP contribution in [0.2, 0.25) is 0 Å². The molecule has 1 saturated heterocycles. The lowest BCUT2D eigenvalue weighted by atomic mass is 9.84. The maximum absolute atomic E-state index is 14.2. The van der Waals surface area contributed by atoms with Crippen LogP contribution in [0.5, 0.6) is 0 Å². The van der Waals surface area contributed by atoms with E-state index in [9.17, 15) is 33.9 Å². The van der Waals surface area contributed by atoms with Crippen LogP contribution in [0.4, 0.5) is 4.79 Å². The molecule has 2 aliphatic rings. The number of benzene rings is 1. The maximum Gasteiger partial charge on any atom is 0.408 e. The second kappa shape index (κ2) is 17.5. The molecule has 14 nitrogen and oxygen atoms in total. The zero-order valence-corrected chi connectivity index (χ0v) is 32.4. The predicted octanol–water partition coefficient (Wildman–Crippen LogP) is 2.51. The molecule has 0 bridgehead atoms. The number of likely N-dealkylation sites (N-methyl/N-ethyl adjacent to an activating group) is 1. The van der Waals surface area contributed by atoms with Gasteiger partial charge in [0.1, 0.15) is 23.7 Å². The summed E-state index contributed by atoms with van der Waals surface area (Å²) in [5.74, 6) is -2.77. The number of alkyl carbamates (subject to hydrolysis) is 1. The first kappa shape index (κ1) is 42.2. The van der Waals surface area contributed by atoms with Crippen molar-refractivity contribution in [3.05, 3.63) is 35.9 Å². The number of hydrogen-bond acceptors (Lipinski definition) is 8. The molecule has 5 N–H and O–H groups in total. The molecule has 1 aliphatic carbocycles. The Morgan fingerprint density at radius 2 is 1.54 bits per heavy atom. The number of aliphatic hydroxyl groups is 1. The van der Waals surface area contributed by atoms with Crippen LogP contribution in [0.3, 0.4) is 0 Å². The minimum Gasteiger partial charge on any atom is -0.444 e. The van der Waals surface area contributed by atoms with Gasteiger partial charge in [0.15, 0.2) is 6.10 Å². The van der Waals surface area contributed by atoms with E-state index >= 15 is 0 Å². The number of carbonyl (C=O) groups is 6. The fourth-order valence-corrected chi connectivity index (χ4v) is 6.44. The molecule has 1 saturated carbocycles. The Labute approximate surface area is 308 Å². The Bertz CT molecular complexity index is 1430. The van der Waals surface area contributed by atoms with Crippen molar-refractivity contribution in [3.63, 3.8) is 0 Å². The Kier molecular flexibility index (Phi) is 14.2. The first-order chi connectivity index (χ1) is 24.1. The van der Waals surface area contributed by atoms with E-state index < -0.39 is 77.6 Å². The van der Waals surface area contributed by atoms with Crippen LogP contribution >= 0.6 is 0 Å². The van der Waals surface area contributed by atoms with Crippen molar-refractivity contribution >= 4 is 35.6 Å². The van der Waals surface area contributed by atoms with E-state index in [1.54, 1.807) is 65.2 Å². The maximum atomic E-state index is 14.2. The van der Waals surface area contributed by atoms with Crippen molar-refractivity contribution in [2.75, 3.05) is 27.2 Å². The minimum absolute atomic E-state index is 0.0214. The standard InChI is InChI=1S/C38H60N6O8/c1-22(2)25-18-19-44(35(50)31(37(3,4)5)42-36(51)52-38(6,7)8)29(25)32(47)40-26(20-23-16-17-23)30(46)33(48)39-21-27(45)41-28(34(49)43(9)10)24-14-12-11-13-15-24/h11-15,22-23,25-26,28-31,46H,16-21H2,1-10H3,(H,39,48)(H,40,47)(H,41,45)(H,42,51)/t25-,26?,28+,29?,30?,31?/m1/s1. The number of aliphatic hydroxyl groups excluding tert-OH is 1. The van der Waals surface area contributed by atoms with E-state index in [0.29, 0.717) is 18.4 Å². The fraction of sp³-hybridized carbons (Fsp3) is 0.684. The van der Waals surface area contributed by atoms with Crippen molar-refractivity contribution in [3.8, 4) is 0 Å². The third kappa shape index (κ3) is 11.9. The Morgan fingerprint density at radius 3 is 2.06 bits per heavy atom. The van der Waals surface area contributed by atoms with Gasteiger partial charge in [-0.2, -0.15) is 0 Å². The van der Waals surface area contributed by atoms with Crippen molar-refractivity contribution in [1.82, 2.24) is 31.1 Å². The van der Waals surface area contributed by atoms with Crippen molar-refractivity contribution < 1.29 is 38.6 Å². The zero-order valence-electron chi connectivity index (χ0n) is 32.4. The van der Waals surface area contributed by atoms with Crippen LogP contribution < -0.4 is 21.3 Å². The van der Waals surface area contributed by atoms with E-state index in [1.165, 1.54) is 9.80 Å². The number of carbonyl (C=O) groups excluding carboxylic acids is 6. The summed E-state index contributed by atoms with van der Waals surface area (Å²) >= 11 is 0. The summed E-state index contributed by atoms with van der Waals surface area (Å²) in [6.45, 7) is 14.4.